The van der Waals surface area contributed by atoms with E-state index in [1.807, 2.05) is 0 Å². The van der Waals surface area contributed by atoms with Crippen LogP contribution < -0.4 is 19.7 Å². The van der Waals surface area contributed by atoms with Gasteiger partial charge in [0.1, 0.15) is 23.8 Å². The first kappa shape index (κ1) is 21.5. The molecule has 0 bridgehead atoms. The van der Waals surface area contributed by atoms with Crippen LogP contribution in [-0.2, 0) is 16.1 Å². The molecule has 2 heterocycles. The maximum absolute atomic E-state index is 12.7. The molecule has 2 aromatic carbocycles. The molecule has 1 aliphatic heterocycles. The van der Waals surface area contributed by atoms with E-state index >= 15 is 0 Å². The number of hydrogen-bond donors (Lipinski definition) is 1. The Labute approximate surface area is 188 Å². The lowest BCUT2D eigenvalue weighted by atomic mass is 10.1. The van der Waals surface area contributed by atoms with Gasteiger partial charge in [0.2, 0.25) is 5.91 Å². The van der Waals surface area contributed by atoms with Gasteiger partial charge < -0.3 is 19.2 Å². The fourth-order valence-electron chi connectivity index (χ4n) is 3.14. The van der Waals surface area contributed by atoms with E-state index in [2.05, 4.69) is 5.32 Å². The average molecular weight is 455 g/mol. The summed E-state index contributed by atoms with van der Waals surface area (Å²) in [6, 6.07) is 15.0. The van der Waals surface area contributed by atoms with Crippen LogP contribution in [0.5, 0.6) is 11.5 Å². The lowest BCUT2D eigenvalue weighted by Crippen LogP contribution is -2.45. The number of halogens is 1. The molecule has 0 saturated carbocycles. The Morgan fingerprint density at radius 3 is 2.75 bits per heavy atom. The predicted octanol–water partition coefficient (Wildman–Crippen LogP) is 3.24. The summed E-state index contributed by atoms with van der Waals surface area (Å²) in [7, 11) is 0. The molecule has 0 aliphatic carbocycles. The van der Waals surface area contributed by atoms with Crippen molar-refractivity contribution in [2.45, 2.75) is 6.54 Å². The number of rotatable bonds is 8. The summed E-state index contributed by atoms with van der Waals surface area (Å²) in [5.74, 6) is 0.330. The number of nitrogens with one attached hydrogen (secondary N) is 1. The number of carbonyl (C=O) groups is 3. The number of carbonyl (C=O) groups excluding carboxylic acids is 3. The van der Waals surface area contributed by atoms with Crippen molar-refractivity contribution in [3.63, 3.8) is 0 Å². The largest absolute Gasteiger partial charge is 0.484 e. The molecule has 1 aliphatic rings. The van der Waals surface area contributed by atoms with E-state index in [-0.39, 0.29) is 43.9 Å². The molecule has 3 aromatic rings. The highest BCUT2D eigenvalue weighted by Crippen LogP contribution is 2.33. The molecule has 0 spiro atoms. The molecule has 0 saturated heterocycles. The van der Waals surface area contributed by atoms with Gasteiger partial charge in [-0.05, 0) is 42.5 Å². The second kappa shape index (κ2) is 9.57. The van der Waals surface area contributed by atoms with Crippen molar-refractivity contribution in [1.82, 2.24) is 5.32 Å². The number of para-hydroxylation sites is 1. The van der Waals surface area contributed by atoms with Crippen molar-refractivity contribution < 1.29 is 28.3 Å². The highest BCUT2D eigenvalue weighted by atomic mass is 35.5. The van der Waals surface area contributed by atoms with E-state index in [4.69, 9.17) is 25.5 Å². The summed E-state index contributed by atoms with van der Waals surface area (Å²) >= 11 is 6.05. The quantitative estimate of drug-likeness (QED) is 0.525. The van der Waals surface area contributed by atoms with Crippen LogP contribution in [0, 0.1) is 0 Å². The number of nitrogens with zero attached hydrogens (tertiary/aromatic N) is 1. The Hall–Kier alpha value is -3.78. The molecule has 0 atom stereocenters. The number of ketones is 1. The number of hydrogen-bond acceptors (Lipinski definition) is 6. The number of furan rings is 1. The van der Waals surface area contributed by atoms with Crippen molar-refractivity contribution in [1.29, 1.82) is 0 Å². The average Bonchev–Trinajstić information content (AvgIpc) is 3.32. The number of fused-ring (bicyclic) bond motifs is 1. The lowest BCUT2D eigenvalue weighted by molar-refractivity contribution is -0.125. The Morgan fingerprint density at radius 1 is 1.12 bits per heavy atom. The minimum Gasteiger partial charge on any atom is -0.484 e. The van der Waals surface area contributed by atoms with Crippen LogP contribution in [0.25, 0.3) is 0 Å². The minimum atomic E-state index is -0.387. The minimum absolute atomic E-state index is 0.193. The first-order valence-corrected chi connectivity index (χ1v) is 10.2. The van der Waals surface area contributed by atoms with Crippen molar-refractivity contribution in [2.24, 2.45) is 0 Å². The Kier molecular flexibility index (Phi) is 6.42. The molecular weight excluding hydrogens is 436 g/mol. The van der Waals surface area contributed by atoms with Crippen LogP contribution in [-0.4, -0.2) is 37.4 Å². The summed E-state index contributed by atoms with van der Waals surface area (Å²) in [6.07, 6.45) is 1.51. The zero-order valence-corrected chi connectivity index (χ0v) is 17.6. The van der Waals surface area contributed by atoms with Gasteiger partial charge in [-0.15, -0.1) is 0 Å². The molecule has 32 heavy (non-hydrogen) atoms. The SMILES string of the molecule is O=C(CN1C(=O)COc2ccc(C(=O)COc3ccccc3Cl)cc21)NCc1ccco1. The molecule has 0 radical (unpaired) electrons. The molecule has 9 heteroatoms. The van der Waals surface area contributed by atoms with E-state index in [0.717, 1.165) is 0 Å². The van der Waals surface area contributed by atoms with Crippen molar-refractivity contribution >= 4 is 34.9 Å². The molecule has 1 N–H and O–H groups in total. The summed E-state index contributed by atoms with van der Waals surface area (Å²) in [5.41, 5.74) is 0.660. The van der Waals surface area contributed by atoms with Crippen LogP contribution in [0.3, 0.4) is 0 Å². The molecular formula is C23H19ClN2O6. The van der Waals surface area contributed by atoms with Gasteiger partial charge in [-0.1, -0.05) is 23.7 Å². The summed E-state index contributed by atoms with van der Waals surface area (Å²) in [6.45, 7) is -0.443. The maximum Gasteiger partial charge on any atom is 0.265 e. The van der Waals surface area contributed by atoms with E-state index in [1.54, 1.807) is 48.5 Å². The van der Waals surface area contributed by atoms with Crippen LogP contribution >= 0.6 is 11.6 Å². The van der Waals surface area contributed by atoms with Gasteiger partial charge in [0.15, 0.2) is 19.0 Å². The molecule has 164 valence electrons. The smallest absolute Gasteiger partial charge is 0.265 e. The van der Waals surface area contributed by atoms with Gasteiger partial charge in [0, 0.05) is 5.56 Å². The zero-order valence-electron chi connectivity index (χ0n) is 16.9. The Morgan fingerprint density at radius 2 is 1.97 bits per heavy atom. The highest BCUT2D eigenvalue weighted by Gasteiger charge is 2.28. The lowest BCUT2D eigenvalue weighted by Gasteiger charge is -2.29. The normalized spacial score (nSPS) is 12.7. The summed E-state index contributed by atoms with van der Waals surface area (Å²) in [4.78, 5) is 38.8. The third-order valence-corrected chi connectivity index (χ3v) is 5.07. The molecule has 0 unspecified atom stereocenters. The fourth-order valence-corrected chi connectivity index (χ4v) is 3.33. The number of benzene rings is 2. The summed E-state index contributed by atoms with van der Waals surface area (Å²) < 4.78 is 16.1. The number of Topliss-reactive ketones (excluding diaryl/α,β-unsaturated/α-hetero) is 1. The standard InChI is InChI=1S/C23H19ClN2O6/c24-17-5-1-2-6-20(17)31-13-19(27)15-7-8-21-18(10-15)26(23(29)14-32-21)12-22(28)25-11-16-4-3-9-30-16/h1-10H,11-14H2,(H,25,28). The van der Waals surface area contributed by atoms with Crippen LogP contribution in [0.4, 0.5) is 5.69 Å². The second-order valence-corrected chi connectivity index (χ2v) is 7.36. The van der Waals surface area contributed by atoms with E-state index in [1.165, 1.54) is 17.2 Å². The van der Waals surface area contributed by atoms with E-state index in [9.17, 15) is 14.4 Å². The molecule has 8 nitrogen and oxygen atoms in total. The maximum atomic E-state index is 12.7. The first-order chi connectivity index (χ1) is 15.5. The van der Waals surface area contributed by atoms with Gasteiger partial charge in [0.25, 0.3) is 5.91 Å². The van der Waals surface area contributed by atoms with Crippen LogP contribution in [0.1, 0.15) is 16.1 Å². The third kappa shape index (κ3) is 4.92. The van der Waals surface area contributed by atoms with Gasteiger partial charge in [0.05, 0.1) is 23.5 Å². The van der Waals surface area contributed by atoms with Crippen molar-refractivity contribution in [2.75, 3.05) is 24.7 Å². The van der Waals surface area contributed by atoms with Gasteiger partial charge in [-0.2, -0.15) is 0 Å². The number of ether oxygens (including phenoxy) is 2. The van der Waals surface area contributed by atoms with Gasteiger partial charge in [-0.3, -0.25) is 19.3 Å². The van der Waals surface area contributed by atoms with Crippen molar-refractivity contribution in [3.8, 4) is 11.5 Å². The fraction of sp³-hybridized carbons (Fsp3) is 0.174. The van der Waals surface area contributed by atoms with Crippen LogP contribution in [0.15, 0.2) is 65.3 Å². The zero-order chi connectivity index (χ0) is 22.5. The van der Waals surface area contributed by atoms with Gasteiger partial charge in [-0.25, -0.2) is 0 Å². The Bertz CT molecular complexity index is 1150. The first-order valence-electron chi connectivity index (χ1n) is 9.78. The van der Waals surface area contributed by atoms with E-state index < -0.39 is 0 Å². The van der Waals surface area contributed by atoms with E-state index in [0.29, 0.717) is 33.5 Å². The molecule has 1 aromatic heterocycles. The second-order valence-electron chi connectivity index (χ2n) is 6.95. The highest BCUT2D eigenvalue weighted by molar-refractivity contribution is 6.32. The third-order valence-electron chi connectivity index (χ3n) is 4.76. The monoisotopic (exact) mass is 454 g/mol. The molecule has 2 amide bonds. The molecule has 4 rings (SSSR count). The topological polar surface area (TPSA) is 98.1 Å². The summed E-state index contributed by atoms with van der Waals surface area (Å²) in [5, 5.41) is 3.10. The number of amides is 2. The predicted molar refractivity (Wildman–Crippen MR) is 116 cm³/mol. The van der Waals surface area contributed by atoms with Crippen molar-refractivity contribution in [3.05, 3.63) is 77.2 Å². The van der Waals surface area contributed by atoms with Crippen LogP contribution in [0.2, 0.25) is 5.02 Å². The Balaban J connectivity index is 1.45. The molecule has 0 fully saturated rings. The van der Waals surface area contributed by atoms with Gasteiger partial charge >= 0.3 is 0 Å². The number of anilines is 1.